The summed E-state index contributed by atoms with van der Waals surface area (Å²) in [5.74, 6) is -16.5. The van der Waals surface area contributed by atoms with Crippen LogP contribution in [0.4, 0.5) is 0 Å². The number of β-amino-alcohol motifs (C(OH)–C–C–N with tert-alkyl or cyclic N) is 7. The van der Waals surface area contributed by atoms with Crippen LogP contribution in [-0.4, -0.2) is 488 Å². The van der Waals surface area contributed by atoms with Crippen molar-refractivity contribution in [2.24, 2.45) is 0 Å². The van der Waals surface area contributed by atoms with Gasteiger partial charge in [0, 0.05) is 129 Å². The number of likely N-dealkylation sites (tertiary alicyclic amines) is 12. The fourth-order valence-corrected chi connectivity index (χ4v) is 21.1. The molecule has 133 heavy (non-hydrogen) atoms. The van der Waals surface area contributed by atoms with Crippen LogP contribution >= 0.6 is 12.6 Å². The van der Waals surface area contributed by atoms with E-state index in [2.05, 4.69) is 60.5 Å². The van der Waals surface area contributed by atoms with Crippen molar-refractivity contribution in [3.8, 4) is 0 Å². The zero-order valence-electron chi connectivity index (χ0n) is 73.4. The number of carbonyl (C=O) groups is 21. The summed E-state index contributed by atoms with van der Waals surface area (Å²) in [7, 11) is 0. The van der Waals surface area contributed by atoms with Crippen molar-refractivity contribution in [1.82, 2.24) is 107 Å². The predicted molar refractivity (Wildman–Crippen MR) is 452 cm³/mol. The molecule has 0 bridgehead atoms. The van der Waals surface area contributed by atoms with Crippen LogP contribution in [0.5, 0.6) is 0 Å². The largest absolute Gasteiger partial charge is 0.480 e. The number of rotatable bonds is 30. The monoisotopic (exact) mass is 1890 g/mol. The molecule has 13 aliphatic rings. The van der Waals surface area contributed by atoms with E-state index in [0.29, 0.717) is 51.5 Å². The smallest absolute Gasteiger partial charge is 0.322 e. The fourth-order valence-electron chi connectivity index (χ4n) is 20.9. The second-order valence-corrected chi connectivity index (χ2v) is 36.7. The van der Waals surface area contributed by atoms with Crippen LogP contribution in [0.3, 0.4) is 0 Å². The summed E-state index contributed by atoms with van der Waals surface area (Å²) in [6.45, 7) is -5.98. The van der Waals surface area contributed by atoms with Gasteiger partial charge in [0.2, 0.25) is 118 Å². The minimum absolute atomic E-state index is 0.00839. The van der Waals surface area contributed by atoms with Crippen LogP contribution in [-0.2, 0) is 101 Å². The van der Waals surface area contributed by atoms with E-state index < -0.39 is 298 Å². The Morgan fingerprint density at radius 1 is 0.271 bits per heavy atom. The second-order valence-electron chi connectivity index (χ2n) is 36.4. The topological polar surface area (TPSA) is 667 Å². The lowest BCUT2D eigenvalue weighted by Gasteiger charge is -2.32. The number of carboxylic acid groups (broad SMARTS) is 1. The van der Waals surface area contributed by atoms with Gasteiger partial charge in [-0.2, -0.15) is 12.6 Å². The molecule has 0 unspecified atom stereocenters. The lowest BCUT2D eigenvalue weighted by atomic mass is 10.1. The van der Waals surface area contributed by atoms with Crippen molar-refractivity contribution in [2.75, 3.05) is 137 Å². The minimum atomic E-state index is -1.49. The Labute approximate surface area is 767 Å². The molecule has 732 valence electrons. The van der Waals surface area contributed by atoms with Crippen LogP contribution in [0.2, 0.25) is 0 Å². The summed E-state index contributed by atoms with van der Waals surface area (Å²) < 4.78 is 0. The molecule has 20 amide bonds. The highest BCUT2D eigenvalue weighted by molar-refractivity contribution is 7.80. The highest BCUT2D eigenvalue weighted by Crippen LogP contribution is 2.34. The number of aliphatic carboxylic acids is 1. The predicted octanol–water partition coefficient (Wildman–Crippen LogP) is -14.3. The van der Waals surface area contributed by atoms with E-state index >= 15 is 0 Å². The third-order valence-corrected chi connectivity index (χ3v) is 27.8. The normalized spacial score (nSPS) is 30.4. The van der Waals surface area contributed by atoms with Gasteiger partial charge in [-0.3, -0.25) is 101 Å². The molecule has 13 fully saturated rings. The van der Waals surface area contributed by atoms with Gasteiger partial charge in [-0.1, -0.05) is 0 Å². The maximum atomic E-state index is 14.4. The number of thiol groups is 1. The van der Waals surface area contributed by atoms with E-state index in [4.69, 9.17) is 5.11 Å². The Hall–Kier alpha value is -11.1. The standard InChI is InChI=1S/C82H119N21O29S/c104-41-19-48(83-26-41)77(127)92-13-1-7-50(92)70(120)86-29-64(113)100-36-44(107)22-58(100)80(130)95-16-4-10-53(95)73(123)88-31-65(114)101-37-45(108)23-59(101)79(129)93-14-2-8-51(93)71(121)85-28-62(111)98-34-42(105)20-56(98)76(126)91-49(40-133)69(119)84-27-63(112)99-35-43(106)21-57(99)78(128)94-15-3-9-52(94)72(122)87-30-66(115)102-38-46(109)24-60(102)81(131)96-17-5-11-54(96)74(124)89-32-67(116)103-39-47(110)25-61(103)82(132)97-18-6-12-55(97)75(125)90-33-68(117)118/h41-61,83,104-110,133H,1-40H2,(H,84,119)(H,85,121)(H,86,120)(H,87,122)(H,88,123)(H,89,124)(H,90,125)(H,91,126)(H,117,118)/t41-,42-,43-,44-,45-,46-,47-,48+,49+,50+,51+,52+,53+,54+,55+,56+,57+,58+,59+,60+,61+/m1/s1. The summed E-state index contributed by atoms with van der Waals surface area (Å²) in [4.78, 5) is 302. The zero-order chi connectivity index (χ0) is 95.8. The number of carbonyl (C=O) groups excluding carboxylic acids is 20. The first-order chi connectivity index (χ1) is 63.4. The van der Waals surface area contributed by atoms with Crippen molar-refractivity contribution < 1.29 is 142 Å². The van der Waals surface area contributed by atoms with Gasteiger partial charge in [0.1, 0.15) is 85.1 Å². The van der Waals surface area contributed by atoms with Crippen molar-refractivity contribution in [3.63, 3.8) is 0 Å². The Morgan fingerprint density at radius 2 is 0.496 bits per heavy atom. The summed E-state index contributed by atoms with van der Waals surface area (Å²) in [6, 6.07) is -16.5. The van der Waals surface area contributed by atoms with Gasteiger partial charge in [0.05, 0.1) is 88.0 Å². The van der Waals surface area contributed by atoms with Gasteiger partial charge in [-0.25, -0.2) is 0 Å². The Bertz CT molecular complexity index is 4540. The Morgan fingerprint density at radius 3 is 0.729 bits per heavy atom. The SMILES string of the molecule is O=C(O)CNC(=O)[C@@H]1CCCN1C(=O)[C@@H]1C[C@@H](O)CN1C(=O)CNC(=O)[C@@H]1CCCN1C(=O)[C@@H]1C[C@@H](O)CN1C(=O)CNC(=O)[C@@H]1CCCN1C(=O)[C@@H]1C[C@@H](O)CN1C(=O)CNC(=O)[C@H](CS)NC(=O)[C@@H]1C[C@@H](O)CN1C(=O)CNC(=O)[C@@H]1CCCN1C(=O)[C@@H]1C[C@@H](O)CN1C(=O)CNC(=O)[C@@H]1CCCN1C(=O)[C@@H]1C[C@@H](O)CN1C(=O)CNC(=O)[C@@H]1CCCN1C(=O)[C@@H]1C[C@@H](O)CN1. The fraction of sp³-hybridized carbons (Fsp3) is 0.744. The van der Waals surface area contributed by atoms with E-state index in [1.54, 1.807) is 0 Å². The molecular formula is C82H119N21O29S. The third-order valence-electron chi connectivity index (χ3n) is 27.5. The highest BCUT2D eigenvalue weighted by atomic mass is 32.1. The quantitative estimate of drug-likeness (QED) is 0.0297. The van der Waals surface area contributed by atoms with Crippen LogP contribution in [0, 0.1) is 0 Å². The molecule has 13 saturated heterocycles. The molecule has 0 radical (unpaired) electrons. The molecule has 13 rings (SSSR count). The molecular weight excluding hydrogens is 1780 g/mol. The second kappa shape index (κ2) is 43.5. The van der Waals surface area contributed by atoms with Crippen molar-refractivity contribution in [2.45, 2.75) is 249 Å². The zero-order valence-corrected chi connectivity index (χ0v) is 74.3. The molecule has 51 heteroatoms. The molecule has 50 nitrogen and oxygen atoms in total. The van der Waals surface area contributed by atoms with E-state index in [0.717, 1.165) is 29.4 Å². The van der Waals surface area contributed by atoms with E-state index in [1.807, 2.05) is 0 Å². The maximum Gasteiger partial charge on any atom is 0.322 e. The molecule has 17 N–H and O–H groups in total. The summed E-state index contributed by atoms with van der Waals surface area (Å²) in [5, 5.41) is 106. The average molecular weight is 1900 g/mol. The van der Waals surface area contributed by atoms with Gasteiger partial charge in [0.25, 0.3) is 0 Å². The highest BCUT2D eigenvalue weighted by Gasteiger charge is 2.53. The van der Waals surface area contributed by atoms with Gasteiger partial charge in [-0.05, 0) is 83.5 Å². The van der Waals surface area contributed by atoms with Crippen molar-refractivity contribution >= 4 is 137 Å². The third kappa shape index (κ3) is 22.6. The van der Waals surface area contributed by atoms with Gasteiger partial charge in [0.15, 0.2) is 0 Å². The van der Waals surface area contributed by atoms with Crippen molar-refractivity contribution in [3.05, 3.63) is 0 Å². The maximum absolute atomic E-state index is 14.4. The number of aliphatic hydroxyl groups is 7. The molecule has 21 atom stereocenters. The lowest BCUT2D eigenvalue weighted by molar-refractivity contribution is -0.148. The summed E-state index contributed by atoms with van der Waals surface area (Å²) >= 11 is 4.23. The molecule has 0 aromatic rings. The van der Waals surface area contributed by atoms with Gasteiger partial charge >= 0.3 is 5.97 Å². The number of hydrogen-bond acceptors (Lipinski definition) is 30. The van der Waals surface area contributed by atoms with Gasteiger partial charge < -0.3 is 148 Å². The first kappa shape index (κ1) is 99.4. The molecule has 13 aliphatic heterocycles. The first-order valence-corrected chi connectivity index (χ1v) is 46.2. The first-order valence-electron chi connectivity index (χ1n) is 45.6. The lowest BCUT2D eigenvalue weighted by Crippen LogP contribution is -2.57. The number of nitrogens with zero attached hydrogens (tertiary/aromatic N) is 12. The average Bonchev–Trinajstić information content (AvgIpc) is 1.66. The van der Waals surface area contributed by atoms with E-state index in [1.165, 1.54) is 29.4 Å². The summed E-state index contributed by atoms with van der Waals surface area (Å²) in [5.41, 5.74) is 0. The molecule has 0 spiro atoms. The molecule has 0 aromatic heterocycles. The molecule has 0 aromatic carbocycles. The number of hydrogen-bond donors (Lipinski definition) is 18. The number of nitrogens with one attached hydrogen (secondary N) is 9. The molecule has 13 heterocycles. The molecule has 0 aliphatic carbocycles. The Balaban J connectivity index is 0.530. The van der Waals surface area contributed by atoms with Crippen LogP contribution < -0.4 is 47.9 Å². The number of amides is 20. The van der Waals surface area contributed by atoms with Crippen LogP contribution in [0.15, 0.2) is 0 Å². The minimum Gasteiger partial charge on any atom is -0.480 e. The van der Waals surface area contributed by atoms with E-state index in [-0.39, 0.29) is 161 Å². The van der Waals surface area contributed by atoms with Crippen molar-refractivity contribution in [1.29, 1.82) is 0 Å². The van der Waals surface area contributed by atoms with Crippen LogP contribution in [0.25, 0.3) is 0 Å². The Kier molecular flexibility index (Phi) is 32.5. The molecule has 0 saturated carbocycles. The number of aliphatic hydroxyl groups excluding tert-OH is 7. The summed E-state index contributed by atoms with van der Waals surface area (Å²) in [6.07, 6.45) is -5.82. The van der Waals surface area contributed by atoms with E-state index in [9.17, 15) is 136 Å². The van der Waals surface area contributed by atoms with Crippen LogP contribution in [0.1, 0.15) is 122 Å². The van der Waals surface area contributed by atoms with Gasteiger partial charge in [-0.15, -0.1) is 0 Å². The number of carboxylic acids is 1.